The van der Waals surface area contributed by atoms with E-state index in [9.17, 15) is 0 Å². The predicted molar refractivity (Wildman–Crippen MR) is 61.2 cm³/mol. The maximum atomic E-state index is 9.14. The summed E-state index contributed by atoms with van der Waals surface area (Å²) in [5.41, 5.74) is 0.449. The summed E-state index contributed by atoms with van der Waals surface area (Å²) in [5, 5.41) is 9.14. The van der Waals surface area contributed by atoms with E-state index in [1.165, 1.54) is 38.5 Å². The monoisotopic (exact) mass is 196 g/mol. The smallest absolute Gasteiger partial charge is 0.0464 e. The number of unbranched alkanes of at least 4 members (excludes halogenated alkanes) is 3. The van der Waals surface area contributed by atoms with Crippen molar-refractivity contribution in [3.05, 3.63) is 12.7 Å². The molecule has 0 aromatic heterocycles. The molecule has 14 heavy (non-hydrogen) atoms. The van der Waals surface area contributed by atoms with Crippen LogP contribution in [0.2, 0.25) is 0 Å². The highest BCUT2D eigenvalue weighted by atomic mass is 16.3. The minimum absolute atomic E-state index is 0.377. The SMILES string of the molecule is C=CC[C@]1(CCCCCC)C[C@@H]1CO. The molecule has 0 aromatic rings. The molecule has 0 unspecified atom stereocenters. The normalized spacial score (nSPS) is 30.3. The molecule has 0 aromatic carbocycles. The highest BCUT2D eigenvalue weighted by molar-refractivity contribution is 5.04. The van der Waals surface area contributed by atoms with Crippen LogP contribution < -0.4 is 0 Å². The van der Waals surface area contributed by atoms with Gasteiger partial charge in [0.1, 0.15) is 0 Å². The third-order valence-corrected chi connectivity index (χ3v) is 3.66. The first-order valence-corrected chi connectivity index (χ1v) is 6.01. The molecule has 1 saturated carbocycles. The Balaban J connectivity index is 2.21. The van der Waals surface area contributed by atoms with Gasteiger partial charge in [-0.1, -0.05) is 38.7 Å². The molecule has 0 heterocycles. The fraction of sp³-hybridized carbons (Fsp3) is 0.846. The molecule has 1 N–H and O–H groups in total. The van der Waals surface area contributed by atoms with Crippen LogP contribution in [0.3, 0.4) is 0 Å². The van der Waals surface area contributed by atoms with E-state index in [1.807, 2.05) is 6.08 Å². The van der Waals surface area contributed by atoms with Crippen molar-refractivity contribution in [3.63, 3.8) is 0 Å². The molecular formula is C13H24O. The van der Waals surface area contributed by atoms with Gasteiger partial charge in [-0.15, -0.1) is 6.58 Å². The van der Waals surface area contributed by atoms with Gasteiger partial charge >= 0.3 is 0 Å². The number of hydrogen-bond acceptors (Lipinski definition) is 1. The summed E-state index contributed by atoms with van der Waals surface area (Å²) in [4.78, 5) is 0. The Kier molecular flexibility index (Phi) is 4.67. The lowest BCUT2D eigenvalue weighted by Crippen LogP contribution is -2.05. The van der Waals surface area contributed by atoms with Crippen LogP contribution in [-0.2, 0) is 0 Å². The van der Waals surface area contributed by atoms with Crippen molar-refractivity contribution in [2.45, 2.75) is 51.9 Å². The molecule has 0 spiro atoms. The van der Waals surface area contributed by atoms with E-state index in [4.69, 9.17) is 5.11 Å². The van der Waals surface area contributed by atoms with Crippen molar-refractivity contribution in [1.82, 2.24) is 0 Å². The maximum absolute atomic E-state index is 9.14. The molecule has 1 rings (SSSR count). The van der Waals surface area contributed by atoms with Crippen LogP contribution >= 0.6 is 0 Å². The minimum Gasteiger partial charge on any atom is -0.396 e. The van der Waals surface area contributed by atoms with Gasteiger partial charge in [0.2, 0.25) is 0 Å². The average molecular weight is 196 g/mol. The van der Waals surface area contributed by atoms with Crippen molar-refractivity contribution in [3.8, 4) is 0 Å². The summed E-state index contributed by atoms with van der Waals surface area (Å²) < 4.78 is 0. The molecule has 1 nitrogen and oxygen atoms in total. The van der Waals surface area contributed by atoms with Gasteiger partial charge < -0.3 is 5.11 Å². The predicted octanol–water partition coefficient (Wildman–Crippen LogP) is 3.53. The number of hydrogen-bond donors (Lipinski definition) is 1. The number of aliphatic hydroxyl groups excluding tert-OH is 1. The first-order valence-electron chi connectivity index (χ1n) is 6.01. The second-order valence-corrected chi connectivity index (χ2v) is 4.75. The van der Waals surface area contributed by atoms with E-state index in [0.717, 1.165) is 6.42 Å². The van der Waals surface area contributed by atoms with Crippen LogP contribution in [0.1, 0.15) is 51.9 Å². The fourth-order valence-electron chi connectivity index (χ4n) is 2.54. The molecule has 1 aliphatic rings. The summed E-state index contributed by atoms with van der Waals surface area (Å²) >= 11 is 0. The van der Waals surface area contributed by atoms with E-state index < -0.39 is 0 Å². The Morgan fingerprint density at radius 3 is 2.71 bits per heavy atom. The third-order valence-electron chi connectivity index (χ3n) is 3.66. The van der Waals surface area contributed by atoms with Crippen molar-refractivity contribution >= 4 is 0 Å². The average Bonchev–Trinajstić information content (AvgIpc) is 2.88. The van der Waals surface area contributed by atoms with E-state index in [0.29, 0.717) is 17.9 Å². The second kappa shape index (κ2) is 5.55. The number of rotatable bonds is 8. The van der Waals surface area contributed by atoms with Gasteiger partial charge in [-0.2, -0.15) is 0 Å². The second-order valence-electron chi connectivity index (χ2n) is 4.75. The molecule has 0 amide bonds. The Morgan fingerprint density at radius 2 is 2.21 bits per heavy atom. The molecule has 1 fully saturated rings. The summed E-state index contributed by atoms with van der Waals surface area (Å²) in [6.07, 6.45) is 11.0. The number of aliphatic hydroxyl groups is 1. The van der Waals surface area contributed by atoms with Crippen LogP contribution in [0.15, 0.2) is 12.7 Å². The highest BCUT2D eigenvalue weighted by Crippen LogP contribution is 2.58. The van der Waals surface area contributed by atoms with E-state index in [2.05, 4.69) is 13.5 Å². The summed E-state index contributed by atoms with van der Waals surface area (Å²) in [7, 11) is 0. The Labute approximate surface area is 88.2 Å². The quantitative estimate of drug-likeness (QED) is 0.465. The van der Waals surface area contributed by atoms with Crippen LogP contribution in [-0.4, -0.2) is 11.7 Å². The van der Waals surface area contributed by atoms with Crippen molar-refractivity contribution < 1.29 is 5.11 Å². The topological polar surface area (TPSA) is 20.2 Å². The fourth-order valence-corrected chi connectivity index (χ4v) is 2.54. The van der Waals surface area contributed by atoms with Crippen molar-refractivity contribution in [1.29, 1.82) is 0 Å². The molecule has 0 saturated heterocycles. The highest BCUT2D eigenvalue weighted by Gasteiger charge is 2.51. The summed E-state index contributed by atoms with van der Waals surface area (Å²) in [5.74, 6) is 0.571. The maximum Gasteiger partial charge on any atom is 0.0464 e. The molecular weight excluding hydrogens is 172 g/mol. The standard InChI is InChI=1S/C13H24O/c1-3-5-6-7-9-13(8-4-2)10-12(13)11-14/h4,12,14H,2-3,5-11H2,1H3/t12-,13+/m1/s1. The Hall–Kier alpha value is -0.300. The van der Waals surface area contributed by atoms with Crippen LogP contribution in [0, 0.1) is 11.3 Å². The van der Waals surface area contributed by atoms with Gasteiger partial charge in [0, 0.05) is 6.61 Å². The molecule has 0 aliphatic heterocycles. The van der Waals surface area contributed by atoms with E-state index in [1.54, 1.807) is 0 Å². The van der Waals surface area contributed by atoms with Gasteiger partial charge in [0.15, 0.2) is 0 Å². The third kappa shape index (κ3) is 2.84. The lowest BCUT2D eigenvalue weighted by atomic mass is 9.92. The lowest BCUT2D eigenvalue weighted by Gasteiger charge is -2.14. The van der Waals surface area contributed by atoms with Crippen LogP contribution in [0.5, 0.6) is 0 Å². The molecule has 2 atom stereocenters. The van der Waals surface area contributed by atoms with Gasteiger partial charge in [-0.3, -0.25) is 0 Å². The lowest BCUT2D eigenvalue weighted by molar-refractivity contribution is 0.242. The molecule has 0 bridgehead atoms. The van der Waals surface area contributed by atoms with Crippen molar-refractivity contribution in [2.75, 3.05) is 6.61 Å². The molecule has 1 heteroatoms. The zero-order chi connectivity index (χ0) is 10.4. The van der Waals surface area contributed by atoms with Crippen LogP contribution in [0.25, 0.3) is 0 Å². The summed E-state index contributed by atoms with van der Waals surface area (Å²) in [6, 6.07) is 0. The van der Waals surface area contributed by atoms with Gasteiger partial charge in [-0.05, 0) is 30.6 Å². The van der Waals surface area contributed by atoms with Gasteiger partial charge in [-0.25, -0.2) is 0 Å². The summed E-state index contributed by atoms with van der Waals surface area (Å²) in [6.45, 7) is 6.44. The Bertz CT molecular complexity index is 176. The first-order chi connectivity index (χ1) is 6.79. The van der Waals surface area contributed by atoms with E-state index in [-0.39, 0.29) is 0 Å². The van der Waals surface area contributed by atoms with Gasteiger partial charge in [0.25, 0.3) is 0 Å². The first kappa shape index (κ1) is 11.8. The van der Waals surface area contributed by atoms with Gasteiger partial charge in [0.05, 0.1) is 0 Å². The number of allylic oxidation sites excluding steroid dienone is 1. The Morgan fingerprint density at radius 1 is 1.43 bits per heavy atom. The largest absolute Gasteiger partial charge is 0.396 e. The van der Waals surface area contributed by atoms with Crippen molar-refractivity contribution in [2.24, 2.45) is 11.3 Å². The molecule has 1 aliphatic carbocycles. The molecule has 82 valence electrons. The zero-order valence-corrected chi connectivity index (χ0v) is 9.47. The zero-order valence-electron chi connectivity index (χ0n) is 9.47. The van der Waals surface area contributed by atoms with E-state index >= 15 is 0 Å². The minimum atomic E-state index is 0.377. The van der Waals surface area contributed by atoms with Crippen LogP contribution in [0.4, 0.5) is 0 Å². The molecule has 0 radical (unpaired) electrons.